The molecule has 1 aliphatic heterocycles. The van der Waals surface area contributed by atoms with Gasteiger partial charge in [-0.05, 0) is 35.1 Å². The van der Waals surface area contributed by atoms with Crippen LogP contribution in [0.2, 0.25) is 0 Å². The molecule has 5 rings (SSSR count). The van der Waals surface area contributed by atoms with Crippen LogP contribution in [0.4, 0.5) is 5.69 Å². The fourth-order valence-electron chi connectivity index (χ4n) is 4.86. The van der Waals surface area contributed by atoms with E-state index in [1.54, 1.807) is 20.3 Å². The van der Waals surface area contributed by atoms with Crippen molar-refractivity contribution in [2.24, 2.45) is 10.9 Å². The Hall–Kier alpha value is -4.38. The van der Waals surface area contributed by atoms with Crippen LogP contribution in [0.15, 0.2) is 102 Å². The number of ether oxygens (including phenoxy) is 2. The number of amides is 1. The van der Waals surface area contributed by atoms with Crippen LogP contribution >= 0.6 is 0 Å². The lowest BCUT2D eigenvalue weighted by atomic mass is 9.91. The molecule has 0 radical (unpaired) electrons. The third-order valence-corrected chi connectivity index (χ3v) is 6.75. The summed E-state index contributed by atoms with van der Waals surface area (Å²) in [6, 6.07) is 31.9. The molecule has 0 fully saturated rings. The van der Waals surface area contributed by atoms with Crippen molar-refractivity contribution in [3.8, 4) is 22.6 Å². The molecule has 2 unspecified atom stereocenters. The number of fused-ring (bicyclic) bond motifs is 1. The first-order valence-electron chi connectivity index (χ1n) is 12.4. The van der Waals surface area contributed by atoms with Crippen LogP contribution in [0, 0.1) is 5.92 Å². The highest BCUT2D eigenvalue weighted by Gasteiger charge is 2.31. The van der Waals surface area contributed by atoms with Crippen LogP contribution in [0.1, 0.15) is 23.6 Å². The predicted molar refractivity (Wildman–Crippen MR) is 149 cm³/mol. The maximum absolute atomic E-state index is 13.5. The topological polar surface area (TPSA) is 59.9 Å². The number of nitrogens with one attached hydrogen (secondary N) is 1. The molecule has 0 spiro atoms. The van der Waals surface area contributed by atoms with Crippen molar-refractivity contribution < 1.29 is 14.3 Å². The van der Waals surface area contributed by atoms with Crippen molar-refractivity contribution in [1.29, 1.82) is 0 Å². The van der Waals surface area contributed by atoms with Crippen LogP contribution in [-0.4, -0.2) is 31.9 Å². The summed E-state index contributed by atoms with van der Waals surface area (Å²) in [4.78, 5) is 18.6. The zero-order chi connectivity index (χ0) is 25.8. The number of aliphatic imine (C=N–C) groups is 1. The average Bonchev–Trinajstić information content (AvgIpc) is 3.08. The molecule has 0 aliphatic carbocycles. The Morgan fingerprint density at radius 2 is 1.41 bits per heavy atom. The Morgan fingerprint density at radius 1 is 0.784 bits per heavy atom. The summed E-state index contributed by atoms with van der Waals surface area (Å²) in [6.07, 6.45) is 0.716. The standard InChI is InChI=1S/C32H30N2O3/c1-21(17-22-11-10-16-25(18-22)23-12-6-4-7-13-23)30-32(35)33-27-20-29(37-3)28(36-2)19-26(27)31(34-30)24-14-8-5-9-15-24/h4-16,18-21,30H,17H2,1-3H3,(H,33,35). The molecule has 1 N–H and O–H groups in total. The zero-order valence-electron chi connectivity index (χ0n) is 21.3. The van der Waals surface area contributed by atoms with E-state index in [0.29, 0.717) is 23.6 Å². The van der Waals surface area contributed by atoms with Gasteiger partial charge in [0, 0.05) is 17.2 Å². The van der Waals surface area contributed by atoms with E-state index in [1.165, 1.54) is 11.1 Å². The number of carbonyl (C=O) groups excluding carboxylic acids is 1. The number of rotatable bonds is 7. The molecule has 37 heavy (non-hydrogen) atoms. The number of benzodiazepines with no additional fused rings is 1. The quantitative estimate of drug-likeness (QED) is 0.326. The number of benzene rings is 4. The Labute approximate surface area is 217 Å². The van der Waals surface area contributed by atoms with Crippen LogP contribution < -0.4 is 14.8 Å². The highest BCUT2D eigenvalue weighted by Crippen LogP contribution is 2.37. The predicted octanol–water partition coefficient (Wildman–Crippen LogP) is 6.41. The number of methoxy groups -OCH3 is 2. The molecule has 4 aromatic carbocycles. The Kier molecular flexibility index (Phi) is 7.04. The fraction of sp³-hybridized carbons (Fsp3) is 0.188. The molecule has 0 saturated carbocycles. The highest BCUT2D eigenvalue weighted by molar-refractivity contribution is 6.20. The molecule has 0 saturated heterocycles. The van der Waals surface area contributed by atoms with Crippen molar-refractivity contribution in [1.82, 2.24) is 0 Å². The average molecular weight is 491 g/mol. The maximum Gasteiger partial charge on any atom is 0.249 e. The monoisotopic (exact) mass is 490 g/mol. The Morgan fingerprint density at radius 3 is 2.08 bits per heavy atom. The molecular formula is C32H30N2O3. The second-order valence-corrected chi connectivity index (χ2v) is 9.28. The van der Waals surface area contributed by atoms with Crippen molar-refractivity contribution >= 4 is 17.3 Å². The maximum atomic E-state index is 13.5. The summed E-state index contributed by atoms with van der Waals surface area (Å²) < 4.78 is 11.1. The van der Waals surface area contributed by atoms with Gasteiger partial charge < -0.3 is 14.8 Å². The van der Waals surface area contributed by atoms with Crippen LogP contribution in [0.5, 0.6) is 11.5 Å². The lowest BCUT2D eigenvalue weighted by Crippen LogP contribution is -2.32. The SMILES string of the molecule is COc1cc2c(cc1OC)C(c1ccccc1)=NC(C(C)Cc1cccc(-c3ccccc3)c1)C(=O)N2. The molecule has 5 heteroatoms. The van der Waals surface area contributed by atoms with E-state index in [-0.39, 0.29) is 11.8 Å². The van der Waals surface area contributed by atoms with Gasteiger partial charge in [-0.25, -0.2) is 0 Å². The summed E-state index contributed by atoms with van der Waals surface area (Å²) in [6.45, 7) is 2.09. The molecule has 1 amide bonds. The van der Waals surface area contributed by atoms with E-state index in [1.807, 2.05) is 54.6 Å². The number of anilines is 1. The van der Waals surface area contributed by atoms with Gasteiger partial charge in [-0.2, -0.15) is 0 Å². The van der Waals surface area contributed by atoms with Gasteiger partial charge in [-0.1, -0.05) is 91.9 Å². The van der Waals surface area contributed by atoms with Crippen molar-refractivity contribution in [3.05, 3.63) is 114 Å². The largest absolute Gasteiger partial charge is 0.493 e. The van der Waals surface area contributed by atoms with Gasteiger partial charge in [-0.3, -0.25) is 9.79 Å². The normalized spacial score (nSPS) is 15.6. The van der Waals surface area contributed by atoms with Crippen molar-refractivity contribution in [2.45, 2.75) is 19.4 Å². The molecule has 0 bridgehead atoms. The summed E-state index contributed by atoms with van der Waals surface area (Å²) in [5.41, 5.74) is 6.66. The first-order chi connectivity index (χ1) is 18.1. The molecule has 2 atom stereocenters. The summed E-state index contributed by atoms with van der Waals surface area (Å²) >= 11 is 0. The fourth-order valence-corrected chi connectivity index (χ4v) is 4.86. The molecule has 1 aliphatic rings. The van der Waals surface area contributed by atoms with Gasteiger partial charge in [0.1, 0.15) is 6.04 Å². The summed E-state index contributed by atoms with van der Waals surface area (Å²) in [5, 5.41) is 3.11. The van der Waals surface area contributed by atoms with E-state index < -0.39 is 6.04 Å². The smallest absolute Gasteiger partial charge is 0.249 e. The van der Waals surface area contributed by atoms with Gasteiger partial charge in [0.15, 0.2) is 11.5 Å². The van der Waals surface area contributed by atoms with Crippen LogP contribution in [0.3, 0.4) is 0 Å². The molecule has 1 heterocycles. The lowest BCUT2D eigenvalue weighted by Gasteiger charge is -2.19. The van der Waals surface area contributed by atoms with E-state index in [9.17, 15) is 4.79 Å². The number of hydrogen-bond acceptors (Lipinski definition) is 4. The molecule has 0 aromatic heterocycles. The second-order valence-electron chi connectivity index (χ2n) is 9.28. The van der Waals surface area contributed by atoms with Gasteiger partial charge in [0.25, 0.3) is 0 Å². The van der Waals surface area contributed by atoms with E-state index >= 15 is 0 Å². The Balaban J connectivity index is 1.52. The van der Waals surface area contributed by atoms with Crippen LogP contribution in [0.25, 0.3) is 11.1 Å². The minimum atomic E-state index is -0.569. The zero-order valence-corrected chi connectivity index (χ0v) is 21.3. The van der Waals surface area contributed by atoms with Gasteiger partial charge >= 0.3 is 0 Å². The Bertz CT molecular complexity index is 1430. The number of hydrogen-bond donors (Lipinski definition) is 1. The minimum absolute atomic E-state index is 0.0390. The van der Waals surface area contributed by atoms with Gasteiger partial charge in [0.2, 0.25) is 5.91 Å². The van der Waals surface area contributed by atoms with E-state index in [4.69, 9.17) is 14.5 Å². The summed E-state index contributed by atoms with van der Waals surface area (Å²) in [7, 11) is 3.19. The van der Waals surface area contributed by atoms with Crippen LogP contribution in [-0.2, 0) is 11.2 Å². The molecular weight excluding hydrogens is 460 g/mol. The van der Waals surface area contributed by atoms with Gasteiger partial charge in [0.05, 0.1) is 25.6 Å². The summed E-state index contributed by atoms with van der Waals surface area (Å²) in [5.74, 6) is 0.968. The van der Waals surface area contributed by atoms with E-state index in [0.717, 1.165) is 22.4 Å². The minimum Gasteiger partial charge on any atom is -0.493 e. The van der Waals surface area contributed by atoms with Gasteiger partial charge in [-0.15, -0.1) is 0 Å². The molecule has 4 aromatic rings. The van der Waals surface area contributed by atoms with Crippen molar-refractivity contribution in [2.75, 3.05) is 19.5 Å². The second kappa shape index (κ2) is 10.7. The van der Waals surface area contributed by atoms with Crippen molar-refractivity contribution in [3.63, 3.8) is 0 Å². The first-order valence-corrected chi connectivity index (χ1v) is 12.4. The number of carbonyl (C=O) groups is 1. The first kappa shape index (κ1) is 24.3. The molecule has 186 valence electrons. The number of nitrogens with zero attached hydrogens (tertiary/aromatic N) is 1. The third-order valence-electron chi connectivity index (χ3n) is 6.75. The third kappa shape index (κ3) is 5.12. The molecule has 5 nitrogen and oxygen atoms in total. The lowest BCUT2D eigenvalue weighted by molar-refractivity contribution is -0.118. The highest BCUT2D eigenvalue weighted by atomic mass is 16.5. The van der Waals surface area contributed by atoms with E-state index in [2.05, 4.69) is 48.6 Å².